The summed E-state index contributed by atoms with van der Waals surface area (Å²) in [6.07, 6.45) is 3.93. The molecule has 0 aromatic heterocycles. The maximum absolute atomic E-state index is 10.3. The quantitative estimate of drug-likeness (QED) is 0.863. The van der Waals surface area contributed by atoms with E-state index in [4.69, 9.17) is 23.2 Å². The molecule has 0 saturated heterocycles. The van der Waals surface area contributed by atoms with Crippen LogP contribution < -0.4 is 0 Å². The molecule has 0 amide bonds. The van der Waals surface area contributed by atoms with E-state index in [0.29, 0.717) is 22.4 Å². The summed E-state index contributed by atoms with van der Waals surface area (Å²) in [5.74, 6) is 0.702. The third kappa shape index (κ3) is 3.13. The first-order valence-electron chi connectivity index (χ1n) is 5.63. The van der Waals surface area contributed by atoms with Gasteiger partial charge in [0, 0.05) is 6.42 Å². The average molecular weight is 259 g/mol. The molecule has 88 valence electrons. The maximum atomic E-state index is 10.3. The first-order valence-corrected chi connectivity index (χ1v) is 6.39. The molecule has 1 aromatic rings. The van der Waals surface area contributed by atoms with Gasteiger partial charge in [-0.25, -0.2) is 0 Å². The standard InChI is InChI=1S/C13H16Cl2O/c1-13(16,7-9-5-6-9)8-10-3-2-4-11(14)12(10)15/h2-4,9,16H,5-8H2,1H3. The summed E-state index contributed by atoms with van der Waals surface area (Å²) in [7, 11) is 0. The van der Waals surface area contributed by atoms with Crippen molar-refractivity contribution >= 4 is 23.2 Å². The highest BCUT2D eigenvalue weighted by atomic mass is 35.5. The summed E-state index contributed by atoms with van der Waals surface area (Å²) < 4.78 is 0. The van der Waals surface area contributed by atoms with E-state index in [-0.39, 0.29) is 0 Å². The second kappa shape index (κ2) is 4.56. The van der Waals surface area contributed by atoms with E-state index in [1.807, 2.05) is 19.1 Å². The summed E-state index contributed by atoms with van der Waals surface area (Å²) in [6, 6.07) is 5.56. The lowest BCUT2D eigenvalue weighted by molar-refractivity contribution is 0.0455. The number of hydrogen-bond donors (Lipinski definition) is 1. The minimum atomic E-state index is -0.671. The fourth-order valence-corrected chi connectivity index (χ4v) is 2.50. The molecule has 0 aliphatic heterocycles. The molecule has 16 heavy (non-hydrogen) atoms. The SMILES string of the molecule is CC(O)(Cc1cccc(Cl)c1Cl)CC1CC1. The van der Waals surface area contributed by atoms with Crippen LogP contribution >= 0.6 is 23.2 Å². The number of aliphatic hydroxyl groups is 1. The van der Waals surface area contributed by atoms with Crippen molar-refractivity contribution in [2.24, 2.45) is 5.92 Å². The molecular weight excluding hydrogens is 243 g/mol. The molecular formula is C13H16Cl2O. The van der Waals surface area contributed by atoms with Crippen LogP contribution in [0.5, 0.6) is 0 Å². The van der Waals surface area contributed by atoms with Crippen molar-refractivity contribution in [2.75, 3.05) is 0 Å². The Balaban J connectivity index is 2.09. The predicted octanol–water partition coefficient (Wildman–Crippen LogP) is 4.09. The largest absolute Gasteiger partial charge is 0.390 e. The molecule has 1 nitrogen and oxygen atoms in total. The van der Waals surface area contributed by atoms with Gasteiger partial charge in [-0.1, -0.05) is 48.2 Å². The Kier molecular flexibility index (Phi) is 3.48. The van der Waals surface area contributed by atoms with Gasteiger partial charge in [-0.05, 0) is 30.9 Å². The van der Waals surface area contributed by atoms with Gasteiger partial charge in [0.15, 0.2) is 0 Å². The molecule has 1 N–H and O–H groups in total. The van der Waals surface area contributed by atoms with E-state index in [9.17, 15) is 5.11 Å². The number of benzene rings is 1. The molecule has 1 aliphatic carbocycles. The summed E-state index contributed by atoms with van der Waals surface area (Å²) in [6.45, 7) is 1.88. The summed E-state index contributed by atoms with van der Waals surface area (Å²) in [5, 5.41) is 11.4. The van der Waals surface area contributed by atoms with Crippen LogP contribution in [0.15, 0.2) is 18.2 Å². The van der Waals surface area contributed by atoms with Gasteiger partial charge < -0.3 is 5.11 Å². The molecule has 1 atom stereocenters. The number of hydrogen-bond acceptors (Lipinski definition) is 1. The molecule has 1 saturated carbocycles. The Hall–Kier alpha value is -0.240. The Bertz CT molecular complexity index is 384. The predicted molar refractivity (Wildman–Crippen MR) is 68.1 cm³/mol. The number of rotatable bonds is 4. The van der Waals surface area contributed by atoms with E-state index in [1.165, 1.54) is 12.8 Å². The van der Waals surface area contributed by atoms with Crippen LogP contribution in [0.2, 0.25) is 10.0 Å². The van der Waals surface area contributed by atoms with Crippen molar-refractivity contribution in [1.82, 2.24) is 0 Å². The van der Waals surface area contributed by atoms with Gasteiger partial charge >= 0.3 is 0 Å². The molecule has 1 aromatic carbocycles. The lowest BCUT2D eigenvalue weighted by Crippen LogP contribution is -2.28. The molecule has 1 aliphatic rings. The van der Waals surface area contributed by atoms with Crippen LogP contribution in [-0.2, 0) is 6.42 Å². The van der Waals surface area contributed by atoms with Crippen molar-refractivity contribution in [3.05, 3.63) is 33.8 Å². The maximum Gasteiger partial charge on any atom is 0.0663 e. The van der Waals surface area contributed by atoms with Gasteiger partial charge in [0.25, 0.3) is 0 Å². The normalized spacial score (nSPS) is 19.5. The Morgan fingerprint density at radius 2 is 2.06 bits per heavy atom. The van der Waals surface area contributed by atoms with E-state index in [0.717, 1.165) is 12.0 Å². The lowest BCUT2D eigenvalue weighted by Gasteiger charge is -2.24. The second-order valence-corrected chi connectivity index (χ2v) is 5.82. The van der Waals surface area contributed by atoms with Crippen molar-refractivity contribution in [3.8, 4) is 0 Å². The van der Waals surface area contributed by atoms with Crippen molar-refractivity contribution < 1.29 is 5.11 Å². The summed E-state index contributed by atoms with van der Waals surface area (Å²) >= 11 is 12.1. The molecule has 0 spiro atoms. The van der Waals surface area contributed by atoms with Crippen molar-refractivity contribution in [1.29, 1.82) is 0 Å². The molecule has 1 fully saturated rings. The lowest BCUT2D eigenvalue weighted by atomic mass is 9.91. The van der Waals surface area contributed by atoms with Gasteiger partial charge in [-0.15, -0.1) is 0 Å². The fraction of sp³-hybridized carbons (Fsp3) is 0.538. The molecule has 0 heterocycles. The van der Waals surface area contributed by atoms with Gasteiger partial charge in [0.05, 0.1) is 15.6 Å². The van der Waals surface area contributed by atoms with Crippen LogP contribution in [0, 0.1) is 5.92 Å². The molecule has 2 rings (SSSR count). The zero-order valence-electron chi connectivity index (χ0n) is 9.34. The summed E-state index contributed by atoms with van der Waals surface area (Å²) in [4.78, 5) is 0. The van der Waals surface area contributed by atoms with Crippen LogP contribution in [-0.4, -0.2) is 10.7 Å². The van der Waals surface area contributed by atoms with Crippen molar-refractivity contribution in [3.63, 3.8) is 0 Å². The Morgan fingerprint density at radius 1 is 1.38 bits per heavy atom. The van der Waals surface area contributed by atoms with Crippen LogP contribution in [0.3, 0.4) is 0 Å². The first-order chi connectivity index (χ1) is 7.48. The topological polar surface area (TPSA) is 20.2 Å². The minimum Gasteiger partial charge on any atom is -0.390 e. The highest BCUT2D eigenvalue weighted by Crippen LogP contribution is 2.38. The Morgan fingerprint density at radius 3 is 2.69 bits per heavy atom. The van der Waals surface area contributed by atoms with Gasteiger partial charge in [-0.3, -0.25) is 0 Å². The smallest absolute Gasteiger partial charge is 0.0663 e. The van der Waals surface area contributed by atoms with Gasteiger partial charge in [0.2, 0.25) is 0 Å². The van der Waals surface area contributed by atoms with E-state index >= 15 is 0 Å². The van der Waals surface area contributed by atoms with Crippen LogP contribution in [0.4, 0.5) is 0 Å². The Labute approximate surface area is 106 Å². The molecule has 1 unspecified atom stereocenters. The van der Waals surface area contributed by atoms with E-state index in [2.05, 4.69) is 0 Å². The fourth-order valence-electron chi connectivity index (χ4n) is 2.11. The molecule has 3 heteroatoms. The zero-order valence-corrected chi connectivity index (χ0v) is 10.9. The third-order valence-corrected chi connectivity index (χ3v) is 3.89. The van der Waals surface area contributed by atoms with Gasteiger partial charge in [-0.2, -0.15) is 0 Å². The first kappa shape index (κ1) is 12.2. The highest BCUT2D eigenvalue weighted by molar-refractivity contribution is 6.42. The number of halogens is 2. The molecule has 0 bridgehead atoms. The van der Waals surface area contributed by atoms with Crippen LogP contribution in [0.1, 0.15) is 31.7 Å². The minimum absolute atomic E-state index is 0.557. The highest BCUT2D eigenvalue weighted by Gasteiger charge is 2.32. The second-order valence-electron chi connectivity index (χ2n) is 5.03. The third-order valence-electron chi connectivity index (χ3n) is 3.03. The van der Waals surface area contributed by atoms with Crippen LogP contribution in [0.25, 0.3) is 0 Å². The average Bonchev–Trinajstić information content (AvgIpc) is 2.95. The van der Waals surface area contributed by atoms with E-state index < -0.39 is 5.60 Å². The van der Waals surface area contributed by atoms with Gasteiger partial charge in [0.1, 0.15) is 0 Å². The zero-order chi connectivity index (χ0) is 11.8. The van der Waals surface area contributed by atoms with Crippen molar-refractivity contribution in [2.45, 2.75) is 38.2 Å². The van der Waals surface area contributed by atoms with E-state index in [1.54, 1.807) is 6.07 Å². The summed E-state index contributed by atoms with van der Waals surface area (Å²) in [5.41, 5.74) is 0.259. The monoisotopic (exact) mass is 258 g/mol. The molecule has 0 radical (unpaired) electrons.